The van der Waals surface area contributed by atoms with Gasteiger partial charge in [-0.3, -0.25) is 9.59 Å². The maximum atomic E-state index is 14.8. The van der Waals surface area contributed by atoms with Crippen molar-refractivity contribution >= 4 is 23.2 Å². The van der Waals surface area contributed by atoms with Crippen molar-refractivity contribution in [2.75, 3.05) is 26.3 Å². The quantitative estimate of drug-likeness (QED) is 0.504. The first-order valence-corrected chi connectivity index (χ1v) is 11.0. The second-order valence-corrected chi connectivity index (χ2v) is 8.55. The smallest absolute Gasteiger partial charge is 0.377 e. The van der Waals surface area contributed by atoms with Crippen LogP contribution in [0.5, 0.6) is 0 Å². The third-order valence-electron chi connectivity index (χ3n) is 5.11. The fourth-order valence-corrected chi connectivity index (χ4v) is 4.21. The molecular weight excluding hydrogens is 499 g/mol. The van der Waals surface area contributed by atoms with Gasteiger partial charge in [0.05, 0.1) is 29.0 Å². The van der Waals surface area contributed by atoms with Crippen LogP contribution < -0.4 is 5.32 Å². The van der Waals surface area contributed by atoms with Crippen molar-refractivity contribution in [2.45, 2.75) is 18.1 Å². The number of rotatable bonds is 6. The van der Waals surface area contributed by atoms with E-state index in [-0.39, 0.29) is 41.9 Å². The second-order valence-electron chi connectivity index (χ2n) is 7.46. The molecule has 8 nitrogen and oxygen atoms in total. The Morgan fingerprint density at radius 1 is 1.11 bits per heavy atom. The van der Waals surface area contributed by atoms with Crippen LogP contribution in [0, 0.1) is 0 Å². The molecule has 4 rings (SSSR count). The fourth-order valence-electron chi connectivity index (χ4n) is 3.36. The molecule has 1 aliphatic heterocycles. The topological polar surface area (TPSA) is 97.6 Å². The van der Waals surface area contributed by atoms with Crippen LogP contribution in [0.3, 0.4) is 0 Å². The third kappa shape index (κ3) is 5.32. The van der Waals surface area contributed by atoms with E-state index in [1.165, 1.54) is 24.3 Å². The van der Waals surface area contributed by atoms with Gasteiger partial charge in [0.2, 0.25) is 5.82 Å². The molecule has 1 fully saturated rings. The summed E-state index contributed by atoms with van der Waals surface area (Å²) in [7, 11) is 0. The molecule has 35 heavy (non-hydrogen) atoms. The van der Waals surface area contributed by atoms with Crippen LogP contribution in [0.15, 0.2) is 47.0 Å². The molecule has 3 heterocycles. The minimum Gasteiger partial charge on any atom is -0.377 e. The number of ether oxygens (including phenoxy) is 1. The van der Waals surface area contributed by atoms with Gasteiger partial charge >= 0.3 is 18.0 Å². The second kappa shape index (κ2) is 9.70. The van der Waals surface area contributed by atoms with E-state index in [0.29, 0.717) is 0 Å². The van der Waals surface area contributed by atoms with Gasteiger partial charge in [-0.25, -0.2) is 0 Å². The molecule has 3 aromatic rings. The normalized spacial score (nSPS) is 16.8. The number of alkyl halides is 5. The lowest BCUT2D eigenvalue weighted by Crippen LogP contribution is -2.56. The van der Waals surface area contributed by atoms with Crippen LogP contribution in [0.1, 0.15) is 21.1 Å². The number of amides is 2. The summed E-state index contributed by atoms with van der Waals surface area (Å²) in [5, 5.41) is 5.81. The highest BCUT2D eigenvalue weighted by molar-refractivity contribution is 7.17. The number of nitrogens with zero attached hydrogens (tertiary/aromatic N) is 3. The van der Waals surface area contributed by atoms with E-state index in [0.717, 1.165) is 28.4 Å². The highest BCUT2D eigenvalue weighted by Crippen LogP contribution is 2.33. The van der Waals surface area contributed by atoms with Crippen molar-refractivity contribution in [1.82, 2.24) is 20.4 Å². The molecule has 186 valence electrons. The lowest BCUT2D eigenvalue weighted by molar-refractivity contribution is -0.167. The molecule has 1 N–H and O–H groups in total. The van der Waals surface area contributed by atoms with E-state index in [1.54, 1.807) is 6.07 Å². The average Bonchev–Trinajstić information content (AvgIpc) is 3.53. The van der Waals surface area contributed by atoms with E-state index in [9.17, 15) is 31.5 Å². The minimum absolute atomic E-state index is 0.0599. The van der Waals surface area contributed by atoms with Gasteiger partial charge < -0.3 is 19.5 Å². The van der Waals surface area contributed by atoms with Crippen molar-refractivity contribution in [3.63, 3.8) is 0 Å². The molecule has 1 aliphatic rings. The Balaban J connectivity index is 1.41. The first-order chi connectivity index (χ1) is 16.6. The minimum atomic E-state index is -4.80. The van der Waals surface area contributed by atoms with Crippen LogP contribution >= 0.6 is 11.3 Å². The predicted molar refractivity (Wildman–Crippen MR) is 112 cm³/mol. The maximum absolute atomic E-state index is 14.8. The van der Waals surface area contributed by atoms with E-state index in [2.05, 4.69) is 20.0 Å². The molecule has 2 amide bonds. The molecule has 1 aromatic carbocycles. The van der Waals surface area contributed by atoms with Gasteiger partial charge in [-0.1, -0.05) is 35.5 Å². The Morgan fingerprint density at radius 2 is 1.86 bits per heavy atom. The average molecular weight is 516 g/mol. The predicted octanol–water partition coefficient (Wildman–Crippen LogP) is 3.57. The summed E-state index contributed by atoms with van der Waals surface area (Å²) >= 11 is 0.817. The van der Waals surface area contributed by atoms with Crippen LogP contribution in [0.4, 0.5) is 22.0 Å². The van der Waals surface area contributed by atoms with Crippen LogP contribution in [0.25, 0.3) is 10.7 Å². The van der Waals surface area contributed by atoms with Crippen LogP contribution in [-0.2, 0) is 21.6 Å². The molecule has 0 saturated carbocycles. The summed E-state index contributed by atoms with van der Waals surface area (Å²) in [5.41, 5.74) is -0.444. The molecule has 2 aromatic heterocycles. The van der Waals surface area contributed by atoms with Gasteiger partial charge in [-0.05, 0) is 12.1 Å². The fraction of sp³-hybridized carbons (Fsp3) is 0.333. The first kappa shape index (κ1) is 24.7. The summed E-state index contributed by atoms with van der Waals surface area (Å²) < 4.78 is 77.0. The zero-order chi connectivity index (χ0) is 25.2. The Kier molecular flexibility index (Phi) is 6.85. The number of carbonyl (C=O) groups is 2. The van der Waals surface area contributed by atoms with Gasteiger partial charge in [-0.2, -0.15) is 26.9 Å². The van der Waals surface area contributed by atoms with Crippen molar-refractivity contribution in [3.8, 4) is 10.7 Å². The number of carbonyl (C=O) groups excluding carboxylic acids is 2. The summed E-state index contributed by atoms with van der Waals surface area (Å²) in [6, 6.07) is 8.54. The Morgan fingerprint density at radius 3 is 2.54 bits per heavy atom. The van der Waals surface area contributed by atoms with Crippen molar-refractivity contribution in [1.29, 1.82) is 0 Å². The zero-order valence-corrected chi connectivity index (χ0v) is 18.5. The van der Waals surface area contributed by atoms with Gasteiger partial charge in [0, 0.05) is 18.7 Å². The van der Waals surface area contributed by atoms with Crippen LogP contribution in [0.2, 0.25) is 0 Å². The number of halogens is 5. The number of thiophene rings is 1. The lowest BCUT2D eigenvalue weighted by atomic mass is 10.1. The van der Waals surface area contributed by atoms with Crippen LogP contribution in [-0.4, -0.2) is 59.2 Å². The largest absolute Gasteiger partial charge is 0.471 e. The molecule has 1 saturated heterocycles. The highest BCUT2D eigenvalue weighted by Gasteiger charge is 2.46. The molecule has 1 atom stereocenters. The third-order valence-corrected chi connectivity index (χ3v) is 6.19. The summed E-state index contributed by atoms with van der Waals surface area (Å²) in [4.78, 5) is 29.8. The van der Waals surface area contributed by atoms with Gasteiger partial charge in [0.15, 0.2) is 0 Å². The van der Waals surface area contributed by atoms with Crippen molar-refractivity contribution < 1.29 is 40.8 Å². The highest BCUT2D eigenvalue weighted by atomic mass is 32.1. The van der Waals surface area contributed by atoms with Gasteiger partial charge in [-0.15, -0.1) is 11.3 Å². The van der Waals surface area contributed by atoms with Gasteiger partial charge in [0.1, 0.15) is 0 Å². The van der Waals surface area contributed by atoms with E-state index >= 15 is 0 Å². The van der Waals surface area contributed by atoms with E-state index in [1.807, 2.05) is 0 Å². The SMILES string of the molecule is O=C(NCC1COCCN1C(=O)C(F)(F)c1ccccc1)c1ccc(-c2noc(C(F)(F)F)n2)s1. The molecule has 14 heteroatoms. The van der Waals surface area contributed by atoms with Gasteiger partial charge in [0.25, 0.3) is 11.8 Å². The molecule has 0 spiro atoms. The maximum Gasteiger partial charge on any atom is 0.471 e. The molecule has 0 radical (unpaired) electrons. The number of aromatic nitrogens is 2. The zero-order valence-electron chi connectivity index (χ0n) is 17.7. The Hall–Kier alpha value is -3.39. The molecular formula is C21H17F5N4O4S. The molecule has 0 aliphatic carbocycles. The summed E-state index contributed by atoms with van der Waals surface area (Å²) in [5.74, 6) is -7.62. The summed E-state index contributed by atoms with van der Waals surface area (Å²) in [6.45, 7) is -0.247. The Bertz CT molecular complexity index is 1200. The van der Waals surface area contributed by atoms with Crippen molar-refractivity contribution in [3.05, 3.63) is 58.8 Å². The monoisotopic (exact) mass is 516 g/mol. The van der Waals surface area contributed by atoms with E-state index < -0.39 is 41.4 Å². The molecule has 0 bridgehead atoms. The Labute approximate surface area is 198 Å². The number of benzene rings is 1. The number of hydrogen-bond donors (Lipinski definition) is 1. The lowest BCUT2D eigenvalue weighted by Gasteiger charge is -2.37. The number of hydrogen-bond acceptors (Lipinski definition) is 7. The van der Waals surface area contributed by atoms with E-state index in [4.69, 9.17) is 4.74 Å². The summed E-state index contributed by atoms with van der Waals surface area (Å²) in [6.07, 6.45) is -4.80. The first-order valence-electron chi connectivity index (χ1n) is 10.2. The number of nitrogens with one attached hydrogen (secondary N) is 1. The number of morpholine rings is 1. The molecule has 1 unspecified atom stereocenters. The van der Waals surface area contributed by atoms with Crippen molar-refractivity contribution in [2.24, 2.45) is 0 Å². The standard InChI is InChI=1S/C21H17F5N4O4S/c22-20(23,12-4-2-1-3-5-12)19(32)30-8-9-33-11-13(30)10-27-17(31)15-7-6-14(35-15)16-28-18(34-29-16)21(24,25)26/h1-7,13H,8-11H2,(H,27,31).